The van der Waals surface area contributed by atoms with Gasteiger partial charge < -0.3 is 10.2 Å². The number of amides is 2. The van der Waals surface area contributed by atoms with Crippen molar-refractivity contribution >= 4 is 23.2 Å². The molecule has 4 rings (SSSR count). The van der Waals surface area contributed by atoms with Crippen LogP contribution in [0.25, 0.3) is 0 Å². The molecule has 0 saturated carbocycles. The van der Waals surface area contributed by atoms with Gasteiger partial charge in [-0.15, -0.1) is 11.3 Å². The van der Waals surface area contributed by atoms with Crippen molar-refractivity contribution in [3.63, 3.8) is 0 Å². The molecule has 30 heavy (non-hydrogen) atoms. The van der Waals surface area contributed by atoms with E-state index in [1.54, 1.807) is 11.3 Å². The van der Waals surface area contributed by atoms with Gasteiger partial charge in [-0.25, -0.2) is 0 Å². The Kier molecular flexibility index (Phi) is 6.29. The number of carbonyl (C=O) groups excluding carboxylic acids is 2. The maximum Gasteiger partial charge on any atom is 0.223 e. The molecule has 0 fully saturated rings. The Morgan fingerprint density at radius 1 is 1.03 bits per heavy atom. The Morgan fingerprint density at radius 2 is 1.80 bits per heavy atom. The third kappa shape index (κ3) is 4.46. The Morgan fingerprint density at radius 3 is 2.60 bits per heavy atom. The van der Waals surface area contributed by atoms with E-state index in [1.165, 1.54) is 10.4 Å². The van der Waals surface area contributed by atoms with Gasteiger partial charge in [0.2, 0.25) is 11.8 Å². The second-order valence-corrected chi connectivity index (χ2v) is 8.65. The van der Waals surface area contributed by atoms with Crippen LogP contribution < -0.4 is 5.32 Å². The fraction of sp³-hybridized carbons (Fsp3) is 0.280. The van der Waals surface area contributed by atoms with Crippen molar-refractivity contribution in [2.75, 3.05) is 6.54 Å². The molecule has 2 heterocycles. The van der Waals surface area contributed by atoms with Gasteiger partial charge in [-0.2, -0.15) is 0 Å². The zero-order valence-corrected chi connectivity index (χ0v) is 18.0. The van der Waals surface area contributed by atoms with E-state index in [-0.39, 0.29) is 30.7 Å². The third-order valence-electron chi connectivity index (χ3n) is 5.70. The van der Waals surface area contributed by atoms with Gasteiger partial charge in [0.25, 0.3) is 0 Å². The van der Waals surface area contributed by atoms with E-state index in [2.05, 4.69) is 28.9 Å². The van der Waals surface area contributed by atoms with E-state index in [4.69, 9.17) is 0 Å². The number of benzene rings is 2. The lowest BCUT2D eigenvalue weighted by Crippen LogP contribution is -2.40. The topological polar surface area (TPSA) is 49.4 Å². The highest BCUT2D eigenvalue weighted by atomic mass is 32.1. The molecule has 1 aliphatic rings. The molecule has 3 aromatic rings. The van der Waals surface area contributed by atoms with Gasteiger partial charge in [-0.05, 0) is 47.0 Å². The minimum Gasteiger partial charge on any atom is -0.352 e. The molecular formula is C25H26N2O2S. The monoisotopic (exact) mass is 418 g/mol. The smallest absolute Gasteiger partial charge is 0.223 e. The van der Waals surface area contributed by atoms with Gasteiger partial charge in [-0.1, -0.05) is 54.6 Å². The van der Waals surface area contributed by atoms with Gasteiger partial charge in [0.15, 0.2) is 0 Å². The predicted octanol–water partition coefficient (Wildman–Crippen LogP) is 4.63. The van der Waals surface area contributed by atoms with Crippen molar-refractivity contribution in [1.82, 2.24) is 10.2 Å². The van der Waals surface area contributed by atoms with Crippen molar-refractivity contribution in [2.45, 2.75) is 38.8 Å². The Labute approximate surface area is 181 Å². The third-order valence-corrected chi connectivity index (χ3v) is 6.70. The van der Waals surface area contributed by atoms with Crippen molar-refractivity contribution in [3.05, 3.63) is 93.2 Å². The molecule has 1 unspecified atom stereocenters. The van der Waals surface area contributed by atoms with E-state index in [1.807, 2.05) is 54.3 Å². The highest BCUT2D eigenvalue weighted by Gasteiger charge is 2.32. The second-order valence-electron chi connectivity index (χ2n) is 7.65. The maximum absolute atomic E-state index is 13.1. The molecule has 0 bridgehead atoms. The first-order valence-corrected chi connectivity index (χ1v) is 11.2. The van der Waals surface area contributed by atoms with E-state index in [9.17, 15) is 9.59 Å². The van der Waals surface area contributed by atoms with E-state index in [0.29, 0.717) is 13.1 Å². The Bertz CT molecular complexity index is 1030. The van der Waals surface area contributed by atoms with Crippen molar-refractivity contribution in [1.29, 1.82) is 0 Å². The van der Waals surface area contributed by atoms with Crippen LogP contribution in [0.4, 0.5) is 0 Å². The maximum atomic E-state index is 13.1. The molecule has 5 heteroatoms. The summed E-state index contributed by atoms with van der Waals surface area (Å²) in [6.07, 6.45) is 1.31. The lowest BCUT2D eigenvalue weighted by Gasteiger charge is -2.36. The summed E-state index contributed by atoms with van der Waals surface area (Å²) >= 11 is 1.76. The molecule has 0 spiro atoms. The van der Waals surface area contributed by atoms with Crippen molar-refractivity contribution < 1.29 is 9.59 Å². The summed E-state index contributed by atoms with van der Waals surface area (Å²) in [6, 6.07) is 20.2. The summed E-state index contributed by atoms with van der Waals surface area (Å²) in [5, 5.41) is 5.05. The highest BCUT2D eigenvalue weighted by Crippen LogP contribution is 2.38. The van der Waals surface area contributed by atoms with Gasteiger partial charge >= 0.3 is 0 Å². The molecule has 154 valence electrons. The van der Waals surface area contributed by atoms with E-state index in [0.717, 1.165) is 23.1 Å². The number of thiophene rings is 1. The van der Waals surface area contributed by atoms with Crippen LogP contribution in [-0.4, -0.2) is 23.3 Å². The molecule has 4 nitrogen and oxygen atoms in total. The first-order valence-electron chi connectivity index (χ1n) is 10.4. The molecule has 1 aromatic heterocycles. The molecule has 0 saturated heterocycles. The van der Waals surface area contributed by atoms with Gasteiger partial charge in [-0.3, -0.25) is 9.59 Å². The summed E-state index contributed by atoms with van der Waals surface area (Å²) in [6.45, 7) is 3.22. The number of hydrogen-bond acceptors (Lipinski definition) is 3. The van der Waals surface area contributed by atoms with Crippen LogP contribution in [0.2, 0.25) is 0 Å². The molecule has 0 radical (unpaired) electrons. The summed E-state index contributed by atoms with van der Waals surface area (Å²) in [4.78, 5) is 28.7. The number of nitrogens with one attached hydrogen (secondary N) is 1. The van der Waals surface area contributed by atoms with Crippen LogP contribution in [0.15, 0.2) is 66.0 Å². The fourth-order valence-corrected chi connectivity index (χ4v) is 4.94. The predicted molar refractivity (Wildman–Crippen MR) is 120 cm³/mol. The summed E-state index contributed by atoms with van der Waals surface area (Å²) in [5.74, 6) is -0.0529. The SMILES string of the molecule is Cc1ccccc1CNC(=O)CCC(=O)N1CCc2sccc2C1c1ccccc1. The number of hydrogen-bond donors (Lipinski definition) is 1. The van der Waals surface area contributed by atoms with Crippen molar-refractivity contribution in [3.8, 4) is 0 Å². The van der Waals surface area contributed by atoms with Crippen LogP contribution in [-0.2, 0) is 22.6 Å². The van der Waals surface area contributed by atoms with Crippen LogP contribution in [0.3, 0.4) is 0 Å². The fourth-order valence-electron chi connectivity index (χ4n) is 4.03. The van der Waals surface area contributed by atoms with Crippen LogP contribution >= 0.6 is 11.3 Å². The van der Waals surface area contributed by atoms with Gasteiger partial charge in [0.1, 0.15) is 0 Å². The van der Waals surface area contributed by atoms with E-state index >= 15 is 0 Å². The number of rotatable bonds is 6. The average molecular weight is 419 g/mol. The Hall–Kier alpha value is -2.92. The normalized spacial score (nSPS) is 15.5. The lowest BCUT2D eigenvalue weighted by atomic mass is 9.93. The average Bonchev–Trinajstić information content (AvgIpc) is 3.25. The van der Waals surface area contributed by atoms with Gasteiger partial charge in [0, 0.05) is 30.8 Å². The minimum absolute atomic E-state index is 0.0340. The zero-order valence-electron chi connectivity index (χ0n) is 17.1. The summed E-state index contributed by atoms with van der Waals surface area (Å²) < 4.78 is 0. The molecule has 1 N–H and O–H groups in total. The first kappa shape index (κ1) is 20.4. The quantitative estimate of drug-likeness (QED) is 0.635. The van der Waals surface area contributed by atoms with Crippen LogP contribution in [0, 0.1) is 6.92 Å². The molecule has 1 atom stereocenters. The first-order chi connectivity index (χ1) is 14.6. The molecule has 1 aliphatic heterocycles. The lowest BCUT2D eigenvalue weighted by molar-refractivity contribution is -0.135. The minimum atomic E-state index is -0.0869. The number of fused-ring (bicyclic) bond motifs is 1. The van der Waals surface area contributed by atoms with E-state index < -0.39 is 0 Å². The van der Waals surface area contributed by atoms with Crippen LogP contribution in [0.1, 0.15) is 46.0 Å². The largest absolute Gasteiger partial charge is 0.352 e. The molecular weight excluding hydrogens is 392 g/mol. The number of nitrogens with zero attached hydrogens (tertiary/aromatic N) is 1. The molecule has 0 aliphatic carbocycles. The molecule has 2 amide bonds. The number of carbonyl (C=O) groups is 2. The molecule has 2 aromatic carbocycles. The van der Waals surface area contributed by atoms with Crippen molar-refractivity contribution in [2.24, 2.45) is 0 Å². The van der Waals surface area contributed by atoms with Gasteiger partial charge in [0.05, 0.1) is 6.04 Å². The number of aryl methyl sites for hydroxylation is 1. The Balaban J connectivity index is 1.40. The second kappa shape index (κ2) is 9.26. The summed E-state index contributed by atoms with van der Waals surface area (Å²) in [5.41, 5.74) is 4.59. The zero-order chi connectivity index (χ0) is 20.9. The standard InChI is InChI=1S/C25H26N2O2S/c1-18-7-5-6-10-20(18)17-26-23(28)11-12-24(29)27-15-13-22-21(14-16-30-22)25(27)19-8-3-2-4-9-19/h2-10,14,16,25H,11-13,15,17H2,1H3,(H,26,28). The highest BCUT2D eigenvalue weighted by molar-refractivity contribution is 7.10. The van der Waals surface area contributed by atoms with Crippen LogP contribution in [0.5, 0.6) is 0 Å². The summed E-state index contributed by atoms with van der Waals surface area (Å²) in [7, 11) is 0.